The largest absolute Gasteiger partial charge is 0.481 e. The van der Waals surface area contributed by atoms with Crippen LogP contribution in [-0.2, 0) is 22.6 Å². The summed E-state index contributed by atoms with van der Waals surface area (Å²) in [4.78, 5) is 10.8. The van der Waals surface area contributed by atoms with Gasteiger partial charge in [0.05, 0.1) is 19.1 Å². The molecule has 0 radical (unpaired) electrons. The Morgan fingerprint density at radius 3 is 2.61 bits per heavy atom. The van der Waals surface area contributed by atoms with Crippen molar-refractivity contribution in [1.29, 1.82) is 0 Å². The lowest BCUT2D eigenvalue weighted by Crippen LogP contribution is -2.35. The standard InChI is InChI=1S/C14H19NO3/c15-8-10-5-13(6-10)18-9-12-4-2-1-3-11(12)7-14(16)17/h1-4,10,13H,5-9,15H2,(H,16,17). The van der Waals surface area contributed by atoms with E-state index < -0.39 is 5.97 Å². The first-order valence-corrected chi connectivity index (χ1v) is 6.29. The Hall–Kier alpha value is -1.39. The SMILES string of the molecule is NCC1CC(OCc2ccccc2CC(=O)O)C1. The number of rotatable bonds is 6. The summed E-state index contributed by atoms with van der Waals surface area (Å²) in [5, 5.41) is 8.84. The van der Waals surface area contributed by atoms with Gasteiger partial charge in [-0.2, -0.15) is 0 Å². The Morgan fingerprint density at radius 1 is 1.33 bits per heavy atom. The van der Waals surface area contributed by atoms with Crippen LogP contribution in [-0.4, -0.2) is 23.7 Å². The van der Waals surface area contributed by atoms with Crippen LogP contribution >= 0.6 is 0 Å². The summed E-state index contributed by atoms with van der Waals surface area (Å²) >= 11 is 0. The first kappa shape index (κ1) is 13.1. The topological polar surface area (TPSA) is 72.5 Å². The van der Waals surface area contributed by atoms with Crippen LogP contribution in [0.5, 0.6) is 0 Å². The van der Waals surface area contributed by atoms with Gasteiger partial charge in [-0.15, -0.1) is 0 Å². The third-order valence-electron chi connectivity index (χ3n) is 3.46. The lowest BCUT2D eigenvalue weighted by Gasteiger charge is -2.34. The first-order valence-electron chi connectivity index (χ1n) is 6.29. The van der Waals surface area contributed by atoms with Gasteiger partial charge >= 0.3 is 5.97 Å². The van der Waals surface area contributed by atoms with Crippen LogP contribution in [0.4, 0.5) is 0 Å². The number of hydrogen-bond donors (Lipinski definition) is 2. The summed E-state index contributed by atoms with van der Waals surface area (Å²) in [5.41, 5.74) is 7.36. The minimum atomic E-state index is -0.811. The molecular weight excluding hydrogens is 230 g/mol. The van der Waals surface area contributed by atoms with E-state index in [1.165, 1.54) is 0 Å². The summed E-state index contributed by atoms with van der Waals surface area (Å²) in [6.45, 7) is 1.22. The van der Waals surface area contributed by atoms with Crippen LogP contribution < -0.4 is 5.73 Å². The van der Waals surface area contributed by atoms with E-state index >= 15 is 0 Å². The highest BCUT2D eigenvalue weighted by Crippen LogP contribution is 2.29. The van der Waals surface area contributed by atoms with Crippen LogP contribution in [0, 0.1) is 5.92 Å². The minimum Gasteiger partial charge on any atom is -0.481 e. The van der Waals surface area contributed by atoms with Crippen LogP contribution in [0.3, 0.4) is 0 Å². The maximum absolute atomic E-state index is 10.8. The second-order valence-corrected chi connectivity index (χ2v) is 4.85. The monoisotopic (exact) mass is 249 g/mol. The molecule has 0 aliphatic heterocycles. The fourth-order valence-electron chi connectivity index (χ4n) is 2.24. The lowest BCUT2D eigenvalue weighted by atomic mass is 9.82. The molecule has 18 heavy (non-hydrogen) atoms. The predicted octanol–water partition coefficient (Wildman–Crippen LogP) is 1.57. The zero-order valence-corrected chi connectivity index (χ0v) is 10.3. The summed E-state index contributed by atoms with van der Waals surface area (Å²) in [6, 6.07) is 7.54. The van der Waals surface area contributed by atoms with Crippen molar-refractivity contribution < 1.29 is 14.6 Å². The van der Waals surface area contributed by atoms with Crippen LogP contribution in [0.2, 0.25) is 0 Å². The average Bonchev–Trinajstić information content (AvgIpc) is 2.28. The predicted molar refractivity (Wildman–Crippen MR) is 68.1 cm³/mol. The molecule has 0 spiro atoms. The van der Waals surface area contributed by atoms with Crippen LogP contribution in [0.1, 0.15) is 24.0 Å². The molecule has 0 heterocycles. The molecule has 98 valence electrons. The number of carboxylic acid groups (broad SMARTS) is 1. The first-order chi connectivity index (χ1) is 8.69. The average molecular weight is 249 g/mol. The number of carbonyl (C=O) groups is 1. The number of carboxylic acids is 1. The maximum atomic E-state index is 10.8. The molecule has 0 saturated heterocycles. The van der Waals surface area contributed by atoms with E-state index in [2.05, 4.69) is 0 Å². The van der Waals surface area contributed by atoms with E-state index in [9.17, 15) is 4.79 Å². The third kappa shape index (κ3) is 3.31. The van der Waals surface area contributed by atoms with Crippen molar-refractivity contribution in [3.63, 3.8) is 0 Å². The molecule has 0 bridgehead atoms. The highest BCUT2D eigenvalue weighted by molar-refractivity contribution is 5.70. The van der Waals surface area contributed by atoms with Gasteiger partial charge in [-0.05, 0) is 36.4 Å². The molecule has 1 aromatic rings. The second kappa shape index (κ2) is 5.98. The number of ether oxygens (including phenoxy) is 1. The zero-order valence-electron chi connectivity index (χ0n) is 10.3. The van der Waals surface area contributed by atoms with E-state index in [1.54, 1.807) is 0 Å². The fraction of sp³-hybridized carbons (Fsp3) is 0.500. The quantitative estimate of drug-likeness (QED) is 0.802. The van der Waals surface area contributed by atoms with Crippen molar-refractivity contribution in [1.82, 2.24) is 0 Å². The smallest absolute Gasteiger partial charge is 0.307 e. The Morgan fingerprint density at radius 2 is 2.00 bits per heavy atom. The van der Waals surface area contributed by atoms with Gasteiger partial charge in [0, 0.05) is 0 Å². The second-order valence-electron chi connectivity index (χ2n) is 4.85. The van der Waals surface area contributed by atoms with Crippen LogP contribution in [0.25, 0.3) is 0 Å². The molecule has 0 amide bonds. The Labute approximate surface area is 107 Å². The van der Waals surface area contributed by atoms with Crippen molar-refractivity contribution >= 4 is 5.97 Å². The normalized spacial score (nSPS) is 22.5. The number of aliphatic carboxylic acids is 1. The Kier molecular flexibility index (Phi) is 4.33. The Bertz CT molecular complexity index is 413. The maximum Gasteiger partial charge on any atom is 0.307 e. The summed E-state index contributed by atoms with van der Waals surface area (Å²) in [5.74, 6) is -0.210. The van der Waals surface area contributed by atoms with Gasteiger partial charge < -0.3 is 15.6 Å². The van der Waals surface area contributed by atoms with Gasteiger partial charge in [0.1, 0.15) is 0 Å². The molecule has 1 saturated carbocycles. The number of nitrogens with two attached hydrogens (primary N) is 1. The van der Waals surface area contributed by atoms with E-state index in [4.69, 9.17) is 15.6 Å². The van der Waals surface area contributed by atoms with Crippen molar-refractivity contribution in [3.05, 3.63) is 35.4 Å². The van der Waals surface area contributed by atoms with E-state index in [-0.39, 0.29) is 12.5 Å². The summed E-state index contributed by atoms with van der Waals surface area (Å²) < 4.78 is 5.77. The Balaban J connectivity index is 1.87. The molecular formula is C14H19NO3. The molecule has 1 aliphatic carbocycles. The van der Waals surface area contributed by atoms with Crippen molar-refractivity contribution in [3.8, 4) is 0 Å². The van der Waals surface area contributed by atoms with Crippen molar-refractivity contribution in [2.24, 2.45) is 11.7 Å². The van der Waals surface area contributed by atoms with E-state index in [0.717, 1.165) is 30.5 Å². The van der Waals surface area contributed by atoms with Gasteiger partial charge in [-0.1, -0.05) is 24.3 Å². The third-order valence-corrected chi connectivity index (χ3v) is 3.46. The molecule has 1 aromatic carbocycles. The minimum absolute atomic E-state index is 0.0512. The van der Waals surface area contributed by atoms with E-state index in [0.29, 0.717) is 12.5 Å². The number of hydrogen-bond acceptors (Lipinski definition) is 3. The molecule has 1 fully saturated rings. The molecule has 0 unspecified atom stereocenters. The van der Waals surface area contributed by atoms with Gasteiger partial charge in [0.25, 0.3) is 0 Å². The molecule has 3 N–H and O–H groups in total. The van der Waals surface area contributed by atoms with Gasteiger partial charge in [-0.3, -0.25) is 4.79 Å². The van der Waals surface area contributed by atoms with Gasteiger partial charge in [0.15, 0.2) is 0 Å². The highest BCUT2D eigenvalue weighted by atomic mass is 16.5. The van der Waals surface area contributed by atoms with Gasteiger partial charge in [0.2, 0.25) is 0 Å². The summed E-state index contributed by atoms with van der Waals surface area (Å²) in [7, 11) is 0. The highest BCUT2D eigenvalue weighted by Gasteiger charge is 2.28. The molecule has 0 aromatic heterocycles. The molecule has 1 aliphatic rings. The molecule has 4 heteroatoms. The van der Waals surface area contributed by atoms with Gasteiger partial charge in [-0.25, -0.2) is 0 Å². The number of benzene rings is 1. The van der Waals surface area contributed by atoms with E-state index in [1.807, 2.05) is 24.3 Å². The fourth-order valence-corrected chi connectivity index (χ4v) is 2.24. The molecule has 2 rings (SSSR count). The van der Waals surface area contributed by atoms with Crippen LogP contribution in [0.15, 0.2) is 24.3 Å². The molecule has 4 nitrogen and oxygen atoms in total. The van der Waals surface area contributed by atoms with Crippen molar-refractivity contribution in [2.45, 2.75) is 32.0 Å². The zero-order chi connectivity index (χ0) is 13.0. The van der Waals surface area contributed by atoms with Crippen molar-refractivity contribution in [2.75, 3.05) is 6.54 Å². The summed E-state index contributed by atoms with van der Waals surface area (Å²) in [6.07, 6.45) is 2.39. The lowest BCUT2D eigenvalue weighted by molar-refractivity contribution is -0.136. The molecule has 0 atom stereocenters.